The average molecular weight is 200 g/mol. The normalized spacial score (nSPS) is 9.38. The highest BCUT2D eigenvalue weighted by atomic mass is 35.5. The molecule has 4 heteroatoms. The Labute approximate surface area is 81.7 Å². The molecule has 0 radical (unpaired) electrons. The maximum atomic E-state index is 10.8. The van der Waals surface area contributed by atoms with Gasteiger partial charge in [0, 0.05) is 6.92 Å². The molecule has 0 aromatic heterocycles. The first kappa shape index (κ1) is 9.86. The molecule has 0 aliphatic heterocycles. The minimum absolute atomic E-state index is 0.0661. The summed E-state index contributed by atoms with van der Waals surface area (Å²) in [6.45, 7) is 1.44. The van der Waals surface area contributed by atoms with E-state index in [2.05, 4.69) is 5.32 Å². The summed E-state index contributed by atoms with van der Waals surface area (Å²) < 4.78 is 5.09. The zero-order valence-corrected chi connectivity index (χ0v) is 7.97. The summed E-state index contributed by atoms with van der Waals surface area (Å²) in [7, 11) is 0. The molecule has 0 fully saturated rings. The van der Waals surface area contributed by atoms with Crippen molar-refractivity contribution in [3.63, 3.8) is 0 Å². The molecule has 1 aromatic rings. The number of para-hydroxylation sites is 2. The third-order valence-electron chi connectivity index (χ3n) is 1.41. The van der Waals surface area contributed by atoms with E-state index in [1.54, 1.807) is 12.1 Å². The Bertz CT molecular complexity index is 301. The smallest absolute Gasteiger partial charge is 0.221 e. The molecule has 0 aliphatic rings. The quantitative estimate of drug-likeness (QED) is 0.759. The van der Waals surface area contributed by atoms with Crippen molar-refractivity contribution >= 4 is 23.2 Å². The highest BCUT2D eigenvalue weighted by molar-refractivity contribution is 6.17. The minimum atomic E-state index is -0.134. The van der Waals surface area contributed by atoms with Crippen molar-refractivity contribution in [2.75, 3.05) is 11.4 Å². The fraction of sp³-hybridized carbons (Fsp3) is 0.222. The van der Waals surface area contributed by atoms with Crippen LogP contribution in [0.3, 0.4) is 0 Å². The fourth-order valence-electron chi connectivity index (χ4n) is 0.944. The first-order valence-electron chi connectivity index (χ1n) is 3.79. The molecule has 0 aliphatic carbocycles. The maximum Gasteiger partial charge on any atom is 0.221 e. The van der Waals surface area contributed by atoms with Gasteiger partial charge in [-0.1, -0.05) is 23.7 Å². The molecule has 0 unspecified atom stereocenters. The number of benzene rings is 1. The second-order valence-corrected chi connectivity index (χ2v) is 2.65. The summed E-state index contributed by atoms with van der Waals surface area (Å²) in [5.74, 6) is 0.443. The van der Waals surface area contributed by atoms with Crippen LogP contribution in [0, 0.1) is 0 Å². The third kappa shape index (κ3) is 2.95. The number of ether oxygens (including phenoxy) is 1. The van der Waals surface area contributed by atoms with Crippen molar-refractivity contribution in [2.45, 2.75) is 6.92 Å². The van der Waals surface area contributed by atoms with Gasteiger partial charge in [0.25, 0.3) is 0 Å². The van der Waals surface area contributed by atoms with Gasteiger partial charge in [-0.2, -0.15) is 0 Å². The highest BCUT2D eigenvalue weighted by Gasteiger charge is 2.02. The number of hydrogen-bond acceptors (Lipinski definition) is 2. The number of carbonyl (C=O) groups excluding carboxylic acids is 1. The summed E-state index contributed by atoms with van der Waals surface area (Å²) in [6, 6.07) is 7.19. The minimum Gasteiger partial charge on any atom is -0.476 e. The molecule has 0 bridgehead atoms. The van der Waals surface area contributed by atoms with Crippen molar-refractivity contribution in [3.8, 4) is 5.75 Å². The topological polar surface area (TPSA) is 38.3 Å². The van der Waals surface area contributed by atoms with E-state index >= 15 is 0 Å². The van der Waals surface area contributed by atoms with Gasteiger partial charge in [-0.3, -0.25) is 4.79 Å². The Hall–Kier alpha value is -1.22. The lowest BCUT2D eigenvalue weighted by atomic mass is 10.3. The van der Waals surface area contributed by atoms with Gasteiger partial charge < -0.3 is 10.1 Å². The van der Waals surface area contributed by atoms with Gasteiger partial charge in [-0.25, -0.2) is 0 Å². The molecule has 1 rings (SSSR count). The van der Waals surface area contributed by atoms with E-state index in [1.165, 1.54) is 6.92 Å². The van der Waals surface area contributed by atoms with Crippen molar-refractivity contribution in [1.29, 1.82) is 0 Å². The molecule has 1 amide bonds. The number of anilines is 1. The summed E-state index contributed by atoms with van der Waals surface area (Å²) in [4.78, 5) is 10.8. The van der Waals surface area contributed by atoms with Gasteiger partial charge in [-0.15, -0.1) is 0 Å². The molecule has 0 saturated carbocycles. The molecule has 1 N–H and O–H groups in total. The van der Waals surface area contributed by atoms with Crippen LogP contribution in [-0.4, -0.2) is 12.0 Å². The molecule has 0 atom stereocenters. The molecule has 70 valence electrons. The second kappa shape index (κ2) is 4.72. The van der Waals surface area contributed by atoms with Crippen LogP contribution in [0.15, 0.2) is 24.3 Å². The van der Waals surface area contributed by atoms with E-state index in [4.69, 9.17) is 16.3 Å². The van der Waals surface area contributed by atoms with Crippen LogP contribution in [0.1, 0.15) is 6.92 Å². The van der Waals surface area contributed by atoms with Crippen molar-refractivity contribution in [2.24, 2.45) is 0 Å². The van der Waals surface area contributed by atoms with Crippen molar-refractivity contribution in [3.05, 3.63) is 24.3 Å². The van der Waals surface area contributed by atoms with Gasteiger partial charge in [-0.05, 0) is 12.1 Å². The largest absolute Gasteiger partial charge is 0.476 e. The van der Waals surface area contributed by atoms with Crippen LogP contribution in [-0.2, 0) is 4.79 Å². The average Bonchev–Trinajstić information content (AvgIpc) is 2.08. The predicted molar refractivity (Wildman–Crippen MR) is 52.1 cm³/mol. The van der Waals surface area contributed by atoms with Crippen LogP contribution >= 0.6 is 11.6 Å². The Morgan fingerprint density at radius 2 is 2.23 bits per heavy atom. The van der Waals surface area contributed by atoms with Gasteiger partial charge in [0.2, 0.25) is 5.91 Å². The summed E-state index contributed by atoms with van der Waals surface area (Å²) in [6.07, 6.45) is 0. The van der Waals surface area contributed by atoms with Crippen LogP contribution in [0.2, 0.25) is 0 Å². The van der Waals surface area contributed by atoms with E-state index in [1.807, 2.05) is 12.1 Å². The first-order chi connectivity index (χ1) is 6.24. The van der Waals surface area contributed by atoms with Crippen molar-refractivity contribution in [1.82, 2.24) is 0 Å². The summed E-state index contributed by atoms with van der Waals surface area (Å²) in [5, 5.41) is 2.64. The number of alkyl halides is 1. The Kier molecular flexibility index (Phi) is 3.58. The monoisotopic (exact) mass is 199 g/mol. The molecule has 1 aromatic carbocycles. The van der Waals surface area contributed by atoms with Gasteiger partial charge in [0.15, 0.2) is 6.07 Å². The number of nitrogens with one attached hydrogen (secondary N) is 1. The standard InChI is InChI=1S/C9H10ClNO2/c1-7(12)11-8-4-2-3-5-9(8)13-6-10/h2-5H,6H2,1H3,(H,11,12). The zero-order chi connectivity index (χ0) is 9.68. The van der Waals surface area contributed by atoms with Crippen LogP contribution < -0.4 is 10.1 Å². The van der Waals surface area contributed by atoms with E-state index in [-0.39, 0.29) is 12.0 Å². The fourth-order valence-corrected chi connectivity index (χ4v) is 1.06. The van der Waals surface area contributed by atoms with Gasteiger partial charge in [0.1, 0.15) is 5.75 Å². The number of amides is 1. The number of carbonyl (C=O) groups is 1. The molecule has 0 heterocycles. The highest BCUT2D eigenvalue weighted by Crippen LogP contribution is 2.23. The number of rotatable bonds is 3. The van der Waals surface area contributed by atoms with Gasteiger partial charge >= 0.3 is 0 Å². The molecule has 3 nitrogen and oxygen atoms in total. The first-order valence-corrected chi connectivity index (χ1v) is 4.33. The predicted octanol–water partition coefficient (Wildman–Crippen LogP) is 2.22. The lowest BCUT2D eigenvalue weighted by Gasteiger charge is -2.08. The van der Waals surface area contributed by atoms with Crippen molar-refractivity contribution < 1.29 is 9.53 Å². The van der Waals surface area contributed by atoms with Gasteiger partial charge in [0.05, 0.1) is 5.69 Å². The summed E-state index contributed by atoms with van der Waals surface area (Å²) >= 11 is 5.41. The van der Waals surface area contributed by atoms with E-state index in [9.17, 15) is 4.79 Å². The lowest BCUT2D eigenvalue weighted by Crippen LogP contribution is -2.07. The molecule has 0 spiro atoms. The number of hydrogen-bond donors (Lipinski definition) is 1. The second-order valence-electron chi connectivity index (χ2n) is 2.43. The Morgan fingerprint density at radius 1 is 1.54 bits per heavy atom. The maximum absolute atomic E-state index is 10.8. The summed E-state index contributed by atoms with van der Waals surface area (Å²) in [5.41, 5.74) is 0.635. The van der Waals surface area contributed by atoms with E-state index < -0.39 is 0 Å². The van der Waals surface area contributed by atoms with Crippen LogP contribution in [0.5, 0.6) is 5.75 Å². The molecular weight excluding hydrogens is 190 g/mol. The zero-order valence-electron chi connectivity index (χ0n) is 7.21. The number of halogens is 1. The SMILES string of the molecule is CC(=O)Nc1ccccc1OCCl. The lowest BCUT2D eigenvalue weighted by molar-refractivity contribution is -0.114. The molecule has 0 saturated heterocycles. The Balaban J connectivity index is 2.84. The molecule has 13 heavy (non-hydrogen) atoms. The van der Waals surface area contributed by atoms with E-state index in [0.29, 0.717) is 11.4 Å². The third-order valence-corrected chi connectivity index (χ3v) is 1.52. The Morgan fingerprint density at radius 3 is 2.85 bits per heavy atom. The van der Waals surface area contributed by atoms with Crippen LogP contribution in [0.4, 0.5) is 5.69 Å². The molecular formula is C9H10ClNO2. The van der Waals surface area contributed by atoms with Crippen LogP contribution in [0.25, 0.3) is 0 Å². The van der Waals surface area contributed by atoms with E-state index in [0.717, 1.165) is 0 Å².